The number of fused-ring (bicyclic) bond motifs is 3. The van der Waals surface area contributed by atoms with Crippen molar-refractivity contribution >= 4 is 43.9 Å². The number of hydrogen-bond donors (Lipinski definition) is 1. The zero-order valence-electron chi connectivity index (χ0n) is 16.2. The minimum absolute atomic E-state index is 0.0575. The van der Waals surface area contributed by atoms with Gasteiger partial charge in [-0.15, -0.1) is 0 Å². The van der Waals surface area contributed by atoms with Gasteiger partial charge in [-0.05, 0) is 48.6 Å². The van der Waals surface area contributed by atoms with Crippen molar-refractivity contribution in [2.75, 3.05) is 0 Å². The van der Waals surface area contributed by atoms with Crippen LogP contribution in [-0.4, -0.2) is 15.5 Å². The Kier molecular flexibility index (Phi) is 4.90. The highest BCUT2D eigenvalue weighted by molar-refractivity contribution is 9.10. The number of rotatable bonds is 5. The summed E-state index contributed by atoms with van der Waals surface area (Å²) in [5.41, 5.74) is 2.04. The van der Waals surface area contributed by atoms with Gasteiger partial charge < -0.3 is 9.73 Å². The Balaban J connectivity index is 1.40. The Morgan fingerprint density at radius 2 is 1.97 bits per heavy atom. The molecule has 0 spiro atoms. The van der Waals surface area contributed by atoms with Crippen molar-refractivity contribution in [2.45, 2.75) is 31.8 Å². The van der Waals surface area contributed by atoms with Crippen molar-refractivity contribution in [3.05, 3.63) is 75.2 Å². The van der Waals surface area contributed by atoms with E-state index in [1.165, 1.54) is 17.3 Å². The number of nitrogens with one attached hydrogen (secondary N) is 1. The smallest absolute Gasteiger partial charge is 0.297 e. The highest BCUT2D eigenvalue weighted by atomic mass is 79.9. The van der Waals surface area contributed by atoms with E-state index in [0.717, 1.165) is 28.3 Å². The normalized spacial score (nSPS) is 15.2. The van der Waals surface area contributed by atoms with E-state index in [0.29, 0.717) is 17.0 Å². The second-order valence-electron chi connectivity index (χ2n) is 7.74. The molecule has 5 rings (SSSR count). The molecule has 0 radical (unpaired) electrons. The predicted molar refractivity (Wildman–Crippen MR) is 118 cm³/mol. The Morgan fingerprint density at radius 3 is 2.70 bits per heavy atom. The predicted octanol–water partition coefficient (Wildman–Crippen LogP) is 4.56. The van der Waals surface area contributed by atoms with Gasteiger partial charge in [-0.1, -0.05) is 46.6 Å². The van der Waals surface area contributed by atoms with E-state index in [9.17, 15) is 9.59 Å². The molecule has 2 aromatic carbocycles. The van der Waals surface area contributed by atoms with Crippen molar-refractivity contribution in [3.8, 4) is 0 Å². The van der Waals surface area contributed by atoms with Crippen LogP contribution in [0.2, 0.25) is 0 Å². The van der Waals surface area contributed by atoms with Gasteiger partial charge in [0.25, 0.3) is 5.56 Å². The van der Waals surface area contributed by atoms with E-state index in [1.54, 1.807) is 6.07 Å². The maximum absolute atomic E-state index is 12.9. The van der Waals surface area contributed by atoms with Gasteiger partial charge in [-0.25, -0.2) is 4.98 Å². The van der Waals surface area contributed by atoms with Gasteiger partial charge in [0.1, 0.15) is 17.6 Å². The fourth-order valence-corrected chi connectivity index (χ4v) is 4.28. The van der Waals surface area contributed by atoms with Gasteiger partial charge in [-0.2, -0.15) is 0 Å². The average Bonchev–Trinajstić information content (AvgIpc) is 3.08. The van der Waals surface area contributed by atoms with Gasteiger partial charge in [-0.3, -0.25) is 14.2 Å². The molecule has 2 aromatic heterocycles. The first-order valence-corrected chi connectivity index (χ1v) is 10.8. The van der Waals surface area contributed by atoms with Crippen LogP contribution in [0.3, 0.4) is 0 Å². The van der Waals surface area contributed by atoms with Crippen LogP contribution in [0.15, 0.2) is 68.5 Å². The zero-order chi connectivity index (χ0) is 20.7. The maximum Gasteiger partial charge on any atom is 0.297 e. The molecule has 30 heavy (non-hydrogen) atoms. The first kappa shape index (κ1) is 19.1. The van der Waals surface area contributed by atoms with E-state index < -0.39 is 0 Å². The first-order valence-electron chi connectivity index (χ1n) is 10.0. The van der Waals surface area contributed by atoms with Crippen LogP contribution in [0.5, 0.6) is 0 Å². The van der Waals surface area contributed by atoms with Gasteiger partial charge in [0.15, 0.2) is 0 Å². The van der Waals surface area contributed by atoms with Crippen molar-refractivity contribution in [2.24, 2.45) is 5.92 Å². The summed E-state index contributed by atoms with van der Waals surface area (Å²) in [5.74, 6) is 0.206. The Morgan fingerprint density at radius 1 is 1.20 bits per heavy atom. The number of benzene rings is 2. The quantitative estimate of drug-likeness (QED) is 0.468. The topological polar surface area (TPSA) is 77.1 Å². The Hall–Kier alpha value is -2.93. The lowest BCUT2D eigenvalue weighted by atomic mass is 9.77. The summed E-state index contributed by atoms with van der Waals surface area (Å²) in [5, 5.41) is 3.93. The summed E-state index contributed by atoms with van der Waals surface area (Å²) < 4.78 is 8.01. The fraction of sp³-hybridized carbons (Fsp3) is 0.261. The molecule has 4 aromatic rings. The summed E-state index contributed by atoms with van der Waals surface area (Å²) in [7, 11) is 0. The highest BCUT2D eigenvalue weighted by Gasteiger charge is 2.30. The number of hydrogen-bond acceptors (Lipinski definition) is 4. The molecular formula is C23H20BrN3O3. The molecule has 0 aliphatic heterocycles. The number of carbonyl (C=O) groups is 1. The summed E-state index contributed by atoms with van der Waals surface area (Å²) in [6, 6.07) is 15.4. The third kappa shape index (κ3) is 3.43. The number of furan rings is 1. The molecule has 1 aliphatic carbocycles. The Labute approximate surface area is 181 Å². The van der Waals surface area contributed by atoms with Gasteiger partial charge in [0, 0.05) is 9.86 Å². The number of nitrogens with zero attached hydrogens (tertiary/aromatic N) is 2. The van der Waals surface area contributed by atoms with Crippen LogP contribution in [0, 0.1) is 5.92 Å². The monoisotopic (exact) mass is 465 g/mol. The summed E-state index contributed by atoms with van der Waals surface area (Å²) >= 11 is 3.46. The molecule has 0 saturated heterocycles. The molecule has 1 saturated carbocycles. The van der Waals surface area contributed by atoms with E-state index in [4.69, 9.17) is 4.42 Å². The van der Waals surface area contributed by atoms with Crippen molar-refractivity contribution in [1.29, 1.82) is 0 Å². The second-order valence-corrected chi connectivity index (χ2v) is 8.66. The van der Waals surface area contributed by atoms with Crippen LogP contribution in [0.1, 0.15) is 30.9 Å². The van der Waals surface area contributed by atoms with Gasteiger partial charge >= 0.3 is 0 Å². The molecule has 1 N–H and O–H groups in total. The van der Waals surface area contributed by atoms with E-state index >= 15 is 0 Å². The molecule has 1 atom stereocenters. The van der Waals surface area contributed by atoms with Crippen molar-refractivity contribution < 1.29 is 9.21 Å². The number of carbonyl (C=O) groups excluding carboxylic acids is 1. The molecule has 2 heterocycles. The Bertz CT molecular complexity index is 1290. The van der Waals surface area contributed by atoms with Crippen LogP contribution in [0.4, 0.5) is 0 Å². The molecule has 1 amide bonds. The molecular weight excluding hydrogens is 446 g/mol. The van der Waals surface area contributed by atoms with E-state index in [1.807, 2.05) is 42.5 Å². The van der Waals surface area contributed by atoms with Gasteiger partial charge in [0.05, 0.1) is 12.4 Å². The molecule has 1 fully saturated rings. The van der Waals surface area contributed by atoms with Crippen LogP contribution in [-0.2, 0) is 11.3 Å². The number of aromatic nitrogens is 2. The number of amides is 1. The molecule has 1 unspecified atom stereocenters. The molecule has 152 valence electrons. The van der Waals surface area contributed by atoms with Crippen LogP contribution >= 0.6 is 15.9 Å². The summed E-state index contributed by atoms with van der Waals surface area (Å²) in [6.45, 7) is -0.0986. The minimum Gasteiger partial charge on any atom is -0.448 e. The maximum atomic E-state index is 12.9. The van der Waals surface area contributed by atoms with E-state index in [-0.39, 0.29) is 29.6 Å². The largest absolute Gasteiger partial charge is 0.448 e. The molecule has 1 aliphatic rings. The minimum atomic E-state index is -0.352. The molecule has 0 bridgehead atoms. The molecule has 7 heteroatoms. The van der Waals surface area contributed by atoms with Crippen LogP contribution < -0.4 is 10.9 Å². The first-order chi connectivity index (χ1) is 14.6. The lowest BCUT2D eigenvalue weighted by Gasteiger charge is -2.34. The lowest BCUT2D eigenvalue weighted by Crippen LogP contribution is -2.39. The lowest BCUT2D eigenvalue weighted by molar-refractivity contribution is -0.123. The van der Waals surface area contributed by atoms with Crippen LogP contribution in [0.25, 0.3) is 22.1 Å². The van der Waals surface area contributed by atoms with E-state index in [2.05, 4.69) is 26.2 Å². The number of halogens is 1. The van der Waals surface area contributed by atoms with Crippen molar-refractivity contribution in [3.63, 3.8) is 0 Å². The summed E-state index contributed by atoms with van der Waals surface area (Å²) in [4.78, 5) is 30.1. The third-order valence-electron chi connectivity index (χ3n) is 5.83. The third-order valence-corrected chi connectivity index (χ3v) is 6.36. The van der Waals surface area contributed by atoms with Crippen molar-refractivity contribution in [1.82, 2.24) is 14.9 Å². The summed E-state index contributed by atoms with van der Waals surface area (Å²) in [6.07, 6.45) is 4.78. The SMILES string of the molecule is O=C(Cn1cnc2c(oc3ccccc32)c1=O)NC(c1ccc(Br)cc1)C1CCC1. The standard InChI is InChI=1S/C23H20BrN3O3/c24-16-10-8-15(9-11-16)20(14-4-3-5-14)26-19(28)12-27-13-25-21-17-6-1-2-7-18(17)30-22(21)23(27)29/h1-2,6-11,13-14,20H,3-5,12H2,(H,26,28). The zero-order valence-corrected chi connectivity index (χ0v) is 17.8. The fourth-order valence-electron chi connectivity index (χ4n) is 4.02. The average molecular weight is 466 g/mol. The highest BCUT2D eigenvalue weighted by Crippen LogP contribution is 2.38. The second kappa shape index (κ2) is 7.72. The molecule has 6 nitrogen and oxygen atoms in total. The van der Waals surface area contributed by atoms with Gasteiger partial charge in [0.2, 0.25) is 11.5 Å². The number of para-hydroxylation sites is 1.